The zero-order valence-corrected chi connectivity index (χ0v) is 35.1. The van der Waals surface area contributed by atoms with Crippen LogP contribution in [0.15, 0.2) is 218 Å². The van der Waals surface area contributed by atoms with E-state index in [0.717, 1.165) is 33.9 Å². The van der Waals surface area contributed by atoms with Gasteiger partial charge in [0.1, 0.15) is 0 Å². The lowest BCUT2D eigenvalue weighted by Gasteiger charge is -2.20. The van der Waals surface area contributed by atoms with Crippen LogP contribution in [0.1, 0.15) is 22.5 Å². The maximum atomic E-state index is 5.69. The fraction of sp³-hybridized carbons (Fsp3) is 0.0323. The van der Waals surface area contributed by atoms with Gasteiger partial charge in [-0.25, -0.2) is 0 Å². The molecular formula is C62H40N2. The summed E-state index contributed by atoms with van der Waals surface area (Å²) in [5.74, 6) is 0. The first-order chi connectivity index (χ1) is 31.8. The van der Waals surface area contributed by atoms with Crippen LogP contribution in [0.5, 0.6) is 0 Å². The molecule has 64 heavy (non-hydrogen) atoms. The van der Waals surface area contributed by atoms with Crippen molar-refractivity contribution in [2.75, 3.05) is 0 Å². The molecule has 2 heterocycles. The number of nitrogens with zero attached hydrogens (tertiary/aromatic N) is 2. The first-order valence-corrected chi connectivity index (χ1v) is 22.2. The summed E-state index contributed by atoms with van der Waals surface area (Å²) in [6, 6.07) is 79.3. The molecule has 0 saturated heterocycles. The largest absolute Gasteiger partial charge is 0.251 e. The highest BCUT2D eigenvalue weighted by atomic mass is 14.7. The minimum atomic E-state index is 0.691. The van der Waals surface area contributed by atoms with Crippen LogP contribution in [0, 0.1) is 0 Å². The van der Waals surface area contributed by atoms with Crippen molar-refractivity contribution >= 4 is 21.5 Å². The molecule has 0 N–H and O–H groups in total. The van der Waals surface area contributed by atoms with Gasteiger partial charge in [-0.3, -0.25) is 9.97 Å². The SMILES string of the molecule is c1ccc(-c2nc(Cc3ccc(Cc4nc(-c5ccccc5)c5c(c4-c4ccccc4)-c4cccc6cccc-5c46)cc3)c(-c3ccccc3)c3c2-c2cccc4cccc-3c24)cc1. The molecule has 2 aromatic heterocycles. The highest BCUT2D eigenvalue weighted by Crippen LogP contribution is 2.56. The third kappa shape index (κ3) is 5.73. The van der Waals surface area contributed by atoms with Crippen LogP contribution in [0.3, 0.4) is 0 Å². The Morgan fingerprint density at radius 3 is 0.906 bits per heavy atom. The molecule has 0 saturated carbocycles. The molecule has 0 amide bonds. The minimum Gasteiger partial charge on any atom is -0.251 e. The Morgan fingerprint density at radius 1 is 0.250 bits per heavy atom. The molecule has 2 heteroatoms. The number of hydrogen-bond acceptors (Lipinski definition) is 2. The van der Waals surface area contributed by atoms with E-state index in [4.69, 9.17) is 9.97 Å². The summed E-state index contributed by atoms with van der Waals surface area (Å²) in [4.78, 5) is 11.4. The normalized spacial score (nSPS) is 11.9. The summed E-state index contributed by atoms with van der Waals surface area (Å²) in [5, 5.41) is 5.13. The lowest BCUT2D eigenvalue weighted by Crippen LogP contribution is -2.04. The lowest BCUT2D eigenvalue weighted by molar-refractivity contribution is 1.06. The highest BCUT2D eigenvalue weighted by molar-refractivity contribution is 6.22. The second-order valence-corrected chi connectivity index (χ2v) is 17.1. The molecule has 0 radical (unpaired) electrons. The number of pyridine rings is 2. The molecule has 0 fully saturated rings. The van der Waals surface area contributed by atoms with E-state index in [-0.39, 0.29) is 0 Å². The average molecular weight is 813 g/mol. The van der Waals surface area contributed by atoms with Crippen molar-refractivity contribution in [3.63, 3.8) is 0 Å². The molecule has 0 spiro atoms. The Bertz CT molecular complexity index is 3360. The molecule has 13 rings (SSSR count). The van der Waals surface area contributed by atoms with Crippen molar-refractivity contribution in [3.8, 4) is 89.3 Å². The summed E-state index contributed by atoms with van der Waals surface area (Å²) in [6.07, 6.45) is 1.38. The van der Waals surface area contributed by atoms with E-state index in [1.807, 2.05) is 0 Å². The van der Waals surface area contributed by atoms with Crippen LogP contribution in [0.2, 0.25) is 0 Å². The van der Waals surface area contributed by atoms with E-state index in [0.29, 0.717) is 12.8 Å². The molecule has 0 atom stereocenters. The monoisotopic (exact) mass is 812 g/mol. The number of fused-ring (bicyclic) bond motifs is 6. The van der Waals surface area contributed by atoms with Gasteiger partial charge in [0.25, 0.3) is 0 Å². The third-order valence-corrected chi connectivity index (χ3v) is 13.4. The molecular weight excluding hydrogens is 773 g/mol. The molecule has 2 aliphatic carbocycles. The molecule has 298 valence electrons. The predicted octanol–water partition coefficient (Wildman–Crippen LogP) is 15.9. The van der Waals surface area contributed by atoms with E-state index >= 15 is 0 Å². The van der Waals surface area contributed by atoms with Crippen molar-refractivity contribution in [3.05, 3.63) is 241 Å². The zero-order valence-electron chi connectivity index (χ0n) is 35.1. The number of aromatic nitrogens is 2. The number of hydrogen-bond donors (Lipinski definition) is 0. The van der Waals surface area contributed by atoms with Gasteiger partial charge < -0.3 is 0 Å². The van der Waals surface area contributed by atoms with Gasteiger partial charge in [-0.05, 0) is 66.1 Å². The van der Waals surface area contributed by atoms with Gasteiger partial charge in [-0.15, -0.1) is 0 Å². The van der Waals surface area contributed by atoms with Crippen molar-refractivity contribution in [1.29, 1.82) is 0 Å². The number of benzene rings is 9. The van der Waals surface area contributed by atoms with Crippen LogP contribution in [0.4, 0.5) is 0 Å². The summed E-state index contributed by atoms with van der Waals surface area (Å²) >= 11 is 0. The predicted molar refractivity (Wildman–Crippen MR) is 266 cm³/mol. The van der Waals surface area contributed by atoms with Gasteiger partial charge in [-0.1, -0.05) is 218 Å². The molecule has 11 aromatic rings. The van der Waals surface area contributed by atoms with Gasteiger partial charge in [0.15, 0.2) is 0 Å². The molecule has 2 nitrogen and oxygen atoms in total. The van der Waals surface area contributed by atoms with Crippen LogP contribution in [0.25, 0.3) is 111 Å². The van der Waals surface area contributed by atoms with E-state index < -0.39 is 0 Å². The Morgan fingerprint density at radius 2 is 0.562 bits per heavy atom. The maximum Gasteiger partial charge on any atom is 0.0790 e. The van der Waals surface area contributed by atoms with E-state index in [1.165, 1.54) is 99.4 Å². The van der Waals surface area contributed by atoms with Gasteiger partial charge in [0.05, 0.1) is 22.8 Å². The van der Waals surface area contributed by atoms with Crippen LogP contribution >= 0.6 is 0 Å². The van der Waals surface area contributed by atoms with Crippen molar-refractivity contribution < 1.29 is 0 Å². The Balaban J connectivity index is 0.959. The van der Waals surface area contributed by atoms with Crippen molar-refractivity contribution in [1.82, 2.24) is 9.97 Å². The average Bonchev–Trinajstić information content (AvgIpc) is 3.88. The van der Waals surface area contributed by atoms with Crippen molar-refractivity contribution in [2.24, 2.45) is 0 Å². The van der Waals surface area contributed by atoms with Crippen LogP contribution in [-0.2, 0) is 12.8 Å². The second kappa shape index (κ2) is 14.7. The Kier molecular flexibility index (Phi) is 8.39. The lowest BCUT2D eigenvalue weighted by atomic mass is 9.87. The van der Waals surface area contributed by atoms with Gasteiger partial charge in [-0.2, -0.15) is 0 Å². The molecule has 2 aliphatic rings. The van der Waals surface area contributed by atoms with Crippen LogP contribution in [-0.4, -0.2) is 9.97 Å². The smallest absolute Gasteiger partial charge is 0.0790 e. The quantitative estimate of drug-likeness (QED) is 0.153. The van der Waals surface area contributed by atoms with E-state index in [9.17, 15) is 0 Å². The molecule has 9 aromatic carbocycles. The fourth-order valence-corrected chi connectivity index (χ4v) is 10.7. The second-order valence-electron chi connectivity index (χ2n) is 17.1. The topological polar surface area (TPSA) is 25.8 Å². The third-order valence-electron chi connectivity index (χ3n) is 13.4. The zero-order chi connectivity index (χ0) is 42.1. The summed E-state index contributed by atoms with van der Waals surface area (Å²) in [5.41, 5.74) is 23.8. The minimum absolute atomic E-state index is 0.691. The van der Waals surface area contributed by atoms with Crippen LogP contribution < -0.4 is 0 Å². The highest BCUT2D eigenvalue weighted by Gasteiger charge is 2.32. The molecule has 0 unspecified atom stereocenters. The fourth-order valence-electron chi connectivity index (χ4n) is 10.7. The first kappa shape index (κ1) is 36.5. The van der Waals surface area contributed by atoms with E-state index in [1.54, 1.807) is 0 Å². The summed E-state index contributed by atoms with van der Waals surface area (Å²) in [6.45, 7) is 0. The molecule has 0 bridgehead atoms. The first-order valence-electron chi connectivity index (χ1n) is 22.2. The Labute approximate surface area is 372 Å². The van der Waals surface area contributed by atoms with Gasteiger partial charge >= 0.3 is 0 Å². The number of rotatable bonds is 8. The van der Waals surface area contributed by atoms with Gasteiger partial charge in [0, 0.05) is 57.3 Å². The van der Waals surface area contributed by atoms with E-state index in [2.05, 4.69) is 218 Å². The van der Waals surface area contributed by atoms with Gasteiger partial charge in [0.2, 0.25) is 0 Å². The Hall–Kier alpha value is -8.20. The molecule has 0 aliphatic heterocycles. The standard InChI is InChI=1S/C62H40N2/c1-5-17-43(18-6-1)55-51(63-61(45-21-9-3-10-22-45)59-49-31-15-27-41-25-13-29-47(53(41)49)57(55)59)37-39-33-35-40(36-34-39)38-52-56(44-19-7-2-8-20-44)58-48-30-14-26-42-28-16-32-50(54(42)48)60(58)62(64-52)46-23-11-4-12-24-46/h1-36H,37-38H2. The maximum absolute atomic E-state index is 5.69. The summed E-state index contributed by atoms with van der Waals surface area (Å²) < 4.78 is 0. The van der Waals surface area contributed by atoms with Crippen molar-refractivity contribution in [2.45, 2.75) is 12.8 Å². The summed E-state index contributed by atoms with van der Waals surface area (Å²) in [7, 11) is 0.